The molecule has 0 spiro atoms. The number of carbonyl (C=O) groups is 1. The van der Waals surface area contributed by atoms with Gasteiger partial charge in [0.15, 0.2) is 6.29 Å². The molecule has 0 aliphatic carbocycles. The summed E-state index contributed by atoms with van der Waals surface area (Å²) in [4.78, 5) is 15.0. The largest absolute Gasteiger partial charge is 0.573 e. The van der Waals surface area contributed by atoms with E-state index in [-0.39, 0.29) is 17.2 Å². The fraction of sp³-hybridized carbons (Fsp3) is 0.143. The monoisotopic (exact) mass is 297 g/mol. The predicted molar refractivity (Wildman–Crippen MR) is 68.3 cm³/mol. The number of alkyl halides is 3. The third-order valence-corrected chi connectivity index (χ3v) is 2.63. The highest BCUT2D eigenvalue weighted by Crippen LogP contribution is 2.30. The smallest absolute Gasteiger partial charge is 0.481 e. The quantitative estimate of drug-likeness (QED) is 0.811. The van der Waals surface area contributed by atoms with Crippen LogP contribution in [-0.2, 0) is 0 Å². The van der Waals surface area contributed by atoms with Gasteiger partial charge in [0.2, 0.25) is 5.88 Å². The lowest BCUT2D eigenvalue weighted by Gasteiger charge is -2.11. The number of methoxy groups -OCH3 is 1. The highest BCUT2D eigenvalue weighted by molar-refractivity contribution is 5.87. The maximum atomic E-state index is 12.2. The first kappa shape index (κ1) is 14.8. The van der Waals surface area contributed by atoms with Gasteiger partial charge in [-0.2, -0.15) is 0 Å². The van der Waals surface area contributed by atoms with Crippen LogP contribution in [-0.4, -0.2) is 24.7 Å². The van der Waals surface area contributed by atoms with E-state index in [9.17, 15) is 18.0 Å². The van der Waals surface area contributed by atoms with E-state index in [4.69, 9.17) is 4.74 Å². The van der Waals surface area contributed by atoms with Crippen molar-refractivity contribution in [1.29, 1.82) is 0 Å². The second-order valence-electron chi connectivity index (χ2n) is 4.01. The number of hydrogen-bond donors (Lipinski definition) is 0. The molecule has 0 fully saturated rings. The van der Waals surface area contributed by atoms with Crippen molar-refractivity contribution in [2.24, 2.45) is 0 Å². The van der Waals surface area contributed by atoms with Crippen molar-refractivity contribution in [2.75, 3.05) is 7.11 Å². The Hall–Kier alpha value is -2.57. The number of carbonyl (C=O) groups excluding carboxylic acids is 1. The van der Waals surface area contributed by atoms with Gasteiger partial charge in [0.25, 0.3) is 0 Å². The standard InChI is InChI=1S/C14H10F3NO3/c1-20-13-6-10(8-19)12(7-18-13)9-3-2-4-11(5-9)21-14(15,16)17/h2-8H,1H3. The van der Waals surface area contributed by atoms with Gasteiger partial charge < -0.3 is 9.47 Å². The van der Waals surface area contributed by atoms with Crippen LogP contribution in [0.5, 0.6) is 11.6 Å². The van der Waals surface area contributed by atoms with Crippen molar-refractivity contribution < 1.29 is 27.4 Å². The molecule has 1 aromatic heterocycles. The van der Waals surface area contributed by atoms with Crippen molar-refractivity contribution in [3.63, 3.8) is 0 Å². The number of pyridine rings is 1. The van der Waals surface area contributed by atoms with Crippen LogP contribution in [0.4, 0.5) is 13.2 Å². The zero-order chi connectivity index (χ0) is 15.5. The first-order valence-electron chi connectivity index (χ1n) is 5.78. The van der Waals surface area contributed by atoms with Crippen molar-refractivity contribution in [2.45, 2.75) is 6.36 Å². The summed E-state index contributed by atoms with van der Waals surface area (Å²) in [6.07, 6.45) is -2.84. The summed E-state index contributed by atoms with van der Waals surface area (Å²) in [7, 11) is 1.40. The third kappa shape index (κ3) is 3.71. The van der Waals surface area contributed by atoms with Crippen molar-refractivity contribution in [3.8, 4) is 22.8 Å². The summed E-state index contributed by atoms with van der Waals surface area (Å²) in [5, 5.41) is 0. The van der Waals surface area contributed by atoms with Crippen molar-refractivity contribution >= 4 is 6.29 Å². The summed E-state index contributed by atoms with van der Waals surface area (Å²) in [6, 6.07) is 6.72. The third-order valence-electron chi connectivity index (χ3n) is 2.63. The summed E-state index contributed by atoms with van der Waals surface area (Å²) in [5.74, 6) is -0.129. The Balaban J connectivity index is 2.42. The molecule has 0 bridgehead atoms. The van der Waals surface area contributed by atoms with Gasteiger partial charge in [-0.3, -0.25) is 4.79 Å². The molecule has 0 saturated heterocycles. The van der Waals surface area contributed by atoms with Gasteiger partial charge in [0, 0.05) is 23.4 Å². The lowest BCUT2D eigenvalue weighted by atomic mass is 10.0. The molecule has 0 amide bonds. The molecule has 7 heteroatoms. The molecule has 4 nitrogen and oxygen atoms in total. The average Bonchev–Trinajstić information content (AvgIpc) is 2.45. The van der Waals surface area contributed by atoms with Gasteiger partial charge in [-0.15, -0.1) is 13.2 Å². The number of aldehydes is 1. The minimum absolute atomic E-state index is 0.239. The lowest BCUT2D eigenvalue weighted by molar-refractivity contribution is -0.274. The van der Waals surface area contributed by atoms with E-state index in [2.05, 4.69) is 9.72 Å². The Labute approximate surface area is 118 Å². The van der Waals surface area contributed by atoms with Gasteiger partial charge in [0.1, 0.15) is 5.75 Å². The van der Waals surface area contributed by atoms with Crippen LogP contribution in [0.2, 0.25) is 0 Å². The van der Waals surface area contributed by atoms with Gasteiger partial charge in [-0.1, -0.05) is 12.1 Å². The topological polar surface area (TPSA) is 48.4 Å². The summed E-state index contributed by atoms with van der Waals surface area (Å²) in [5.41, 5.74) is 1.03. The Kier molecular flexibility index (Phi) is 4.11. The van der Waals surface area contributed by atoms with E-state index in [0.717, 1.165) is 0 Å². The molecule has 0 unspecified atom stereocenters. The number of halogens is 3. The molecule has 110 valence electrons. The van der Waals surface area contributed by atoms with Gasteiger partial charge in [0.05, 0.1) is 7.11 Å². The molecule has 0 N–H and O–H groups in total. The highest BCUT2D eigenvalue weighted by Gasteiger charge is 2.31. The highest BCUT2D eigenvalue weighted by atomic mass is 19.4. The van der Waals surface area contributed by atoms with Crippen LogP contribution < -0.4 is 9.47 Å². The number of aromatic nitrogens is 1. The molecule has 0 aliphatic rings. The molecule has 1 aromatic carbocycles. The number of ether oxygens (including phenoxy) is 2. The van der Waals surface area contributed by atoms with Gasteiger partial charge in [-0.25, -0.2) is 4.98 Å². The Morgan fingerprint density at radius 3 is 2.62 bits per heavy atom. The van der Waals surface area contributed by atoms with E-state index in [1.165, 1.54) is 37.6 Å². The molecule has 0 saturated carbocycles. The Bertz CT molecular complexity index is 656. The molecular formula is C14H10F3NO3. The Morgan fingerprint density at radius 2 is 2.00 bits per heavy atom. The molecule has 0 atom stereocenters. The van der Waals surface area contributed by atoms with Crippen LogP contribution in [0.25, 0.3) is 11.1 Å². The zero-order valence-corrected chi connectivity index (χ0v) is 10.8. The van der Waals surface area contributed by atoms with Gasteiger partial charge in [-0.05, 0) is 17.7 Å². The van der Waals surface area contributed by atoms with Gasteiger partial charge >= 0.3 is 6.36 Å². The SMILES string of the molecule is COc1cc(C=O)c(-c2cccc(OC(F)(F)F)c2)cn1. The number of rotatable bonds is 4. The average molecular weight is 297 g/mol. The zero-order valence-electron chi connectivity index (χ0n) is 10.8. The van der Waals surface area contributed by atoms with E-state index in [0.29, 0.717) is 17.4 Å². The molecule has 2 rings (SSSR count). The fourth-order valence-electron chi connectivity index (χ4n) is 1.76. The van der Waals surface area contributed by atoms with Crippen molar-refractivity contribution in [1.82, 2.24) is 4.98 Å². The van der Waals surface area contributed by atoms with E-state index < -0.39 is 6.36 Å². The second kappa shape index (κ2) is 5.82. The van der Waals surface area contributed by atoms with Crippen LogP contribution in [0.3, 0.4) is 0 Å². The summed E-state index contributed by atoms with van der Waals surface area (Å²) >= 11 is 0. The molecule has 21 heavy (non-hydrogen) atoms. The first-order valence-corrected chi connectivity index (χ1v) is 5.78. The molecule has 0 aliphatic heterocycles. The summed E-state index contributed by atoms with van der Waals surface area (Å²) < 4.78 is 45.4. The molecule has 2 aromatic rings. The van der Waals surface area contributed by atoms with E-state index in [1.54, 1.807) is 6.07 Å². The maximum Gasteiger partial charge on any atom is 0.573 e. The summed E-state index contributed by atoms with van der Waals surface area (Å²) in [6.45, 7) is 0. The minimum Gasteiger partial charge on any atom is -0.481 e. The van der Waals surface area contributed by atoms with Crippen LogP contribution in [0, 0.1) is 0 Å². The lowest BCUT2D eigenvalue weighted by Crippen LogP contribution is -2.17. The molecule has 1 heterocycles. The second-order valence-corrected chi connectivity index (χ2v) is 4.01. The molecular weight excluding hydrogens is 287 g/mol. The van der Waals surface area contributed by atoms with Crippen LogP contribution in [0.15, 0.2) is 36.5 Å². The van der Waals surface area contributed by atoms with Crippen LogP contribution >= 0.6 is 0 Å². The minimum atomic E-state index is -4.77. The predicted octanol–water partition coefficient (Wildman–Crippen LogP) is 3.47. The fourth-order valence-corrected chi connectivity index (χ4v) is 1.76. The normalized spacial score (nSPS) is 11.0. The Morgan fingerprint density at radius 1 is 1.24 bits per heavy atom. The first-order chi connectivity index (χ1) is 9.93. The maximum absolute atomic E-state index is 12.2. The number of hydrogen-bond acceptors (Lipinski definition) is 4. The van der Waals surface area contributed by atoms with Crippen molar-refractivity contribution in [3.05, 3.63) is 42.1 Å². The van der Waals surface area contributed by atoms with E-state index >= 15 is 0 Å². The number of benzene rings is 1. The van der Waals surface area contributed by atoms with Crippen LogP contribution in [0.1, 0.15) is 10.4 Å². The molecule has 0 radical (unpaired) electrons. The van der Waals surface area contributed by atoms with E-state index in [1.807, 2.05) is 0 Å². The number of nitrogens with zero attached hydrogens (tertiary/aromatic N) is 1.